The van der Waals surface area contributed by atoms with Gasteiger partial charge in [-0.15, -0.1) is 11.3 Å². The molecule has 1 unspecified atom stereocenters. The molecule has 0 bridgehead atoms. The van der Waals surface area contributed by atoms with Crippen molar-refractivity contribution in [3.05, 3.63) is 87.2 Å². The molecule has 2 aromatic heterocycles. The van der Waals surface area contributed by atoms with Gasteiger partial charge in [0.05, 0.1) is 10.6 Å². The number of aliphatic imine (C=N–C) groups is 1. The van der Waals surface area contributed by atoms with Gasteiger partial charge in [-0.1, -0.05) is 44.2 Å². The summed E-state index contributed by atoms with van der Waals surface area (Å²) in [5.41, 5.74) is 4.97. The second-order valence-corrected chi connectivity index (χ2v) is 11.8. The number of H-pyrrole nitrogens is 1. The van der Waals surface area contributed by atoms with Crippen molar-refractivity contribution in [3.8, 4) is 11.3 Å². The lowest BCUT2D eigenvalue weighted by molar-refractivity contribution is 0.103. The molecule has 2 N–H and O–H groups in total. The number of nitrogens with one attached hydrogen (secondary N) is 2. The SMILES string of the molecule is CCC(C)C(/C=C1\CN(C)CCN1C)=Nc1cc(-c2cccc(NC(=O)c3cc4ccccc4s3)c2C)n[nH]c1=O. The molecule has 8 nitrogen and oxygen atoms in total. The van der Waals surface area contributed by atoms with Gasteiger partial charge in [0, 0.05) is 54.0 Å². The first-order valence-electron chi connectivity index (χ1n) is 13.9. The monoisotopic (exact) mass is 568 g/mol. The predicted octanol–water partition coefficient (Wildman–Crippen LogP) is 6.09. The smallest absolute Gasteiger partial charge is 0.290 e. The Morgan fingerprint density at radius 2 is 1.98 bits per heavy atom. The topological polar surface area (TPSA) is 93.7 Å². The number of carbonyl (C=O) groups excluding carboxylic acids is 1. The third-order valence-electron chi connectivity index (χ3n) is 7.71. The number of hydrogen-bond acceptors (Lipinski definition) is 7. The van der Waals surface area contributed by atoms with E-state index < -0.39 is 0 Å². The Bertz CT molecular complexity index is 1670. The fourth-order valence-corrected chi connectivity index (χ4v) is 5.80. The molecular weight excluding hydrogens is 532 g/mol. The third-order valence-corrected chi connectivity index (χ3v) is 8.83. The summed E-state index contributed by atoms with van der Waals surface area (Å²) < 4.78 is 1.07. The quantitative estimate of drug-likeness (QED) is 0.263. The predicted molar refractivity (Wildman–Crippen MR) is 170 cm³/mol. The fraction of sp³-hybridized carbons (Fsp3) is 0.312. The second kappa shape index (κ2) is 12.2. The van der Waals surface area contributed by atoms with E-state index in [1.54, 1.807) is 6.07 Å². The van der Waals surface area contributed by atoms with Crippen LogP contribution in [-0.2, 0) is 0 Å². The minimum atomic E-state index is -0.339. The van der Waals surface area contributed by atoms with E-state index in [9.17, 15) is 9.59 Å². The zero-order valence-corrected chi connectivity index (χ0v) is 25.0. The summed E-state index contributed by atoms with van der Waals surface area (Å²) in [6.07, 6.45) is 3.03. The van der Waals surface area contributed by atoms with Gasteiger partial charge in [0.1, 0.15) is 5.69 Å². The van der Waals surface area contributed by atoms with Crippen LogP contribution in [0.5, 0.6) is 0 Å². The van der Waals surface area contributed by atoms with E-state index >= 15 is 0 Å². The van der Waals surface area contributed by atoms with Crippen LogP contribution in [0.2, 0.25) is 0 Å². The molecule has 4 aromatic rings. The molecule has 0 saturated carbocycles. The molecule has 1 atom stereocenters. The molecule has 9 heteroatoms. The molecule has 0 aliphatic carbocycles. The lowest BCUT2D eigenvalue weighted by Crippen LogP contribution is -2.41. The number of anilines is 1. The Morgan fingerprint density at radius 3 is 2.76 bits per heavy atom. The Hall–Kier alpha value is -4.08. The lowest BCUT2D eigenvalue weighted by Gasteiger charge is -2.34. The zero-order chi connectivity index (χ0) is 29.1. The number of likely N-dealkylation sites (N-methyl/N-ethyl adjacent to an activating group) is 2. The fourth-order valence-electron chi connectivity index (χ4n) is 4.84. The highest BCUT2D eigenvalue weighted by atomic mass is 32.1. The summed E-state index contributed by atoms with van der Waals surface area (Å²) in [6, 6.07) is 17.3. The van der Waals surface area contributed by atoms with E-state index in [2.05, 4.69) is 59.3 Å². The van der Waals surface area contributed by atoms with E-state index in [1.165, 1.54) is 17.0 Å². The summed E-state index contributed by atoms with van der Waals surface area (Å²) >= 11 is 1.47. The first kappa shape index (κ1) is 28.4. The van der Waals surface area contributed by atoms with Crippen molar-refractivity contribution in [2.75, 3.05) is 39.0 Å². The maximum atomic E-state index is 13.1. The summed E-state index contributed by atoms with van der Waals surface area (Å²) in [5, 5.41) is 11.1. The van der Waals surface area contributed by atoms with Crippen LogP contribution < -0.4 is 10.9 Å². The highest BCUT2D eigenvalue weighted by Gasteiger charge is 2.19. The van der Waals surface area contributed by atoms with Crippen molar-refractivity contribution >= 4 is 44.4 Å². The van der Waals surface area contributed by atoms with Crippen molar-refractivity contribution in [3.63, 3.8) is 0 Å². The molecule has 41 heavy (non-hydrogen) atoms. The molecular formula is C32H36N6O2S. The molecule has 1 amide bonds. The van der Waals surface area contributed by atoms with Crippen molar-refractivity contribution in [2.45, 2.75) is 27.2 Å². The Balaban J connectivity index is 1.47. The van der Waals surface area contributed by atoms with Gasteiger partial charge in [0.2, 0.25) is 0 Å². The average Bonchev–Trinajstić information content (AvgIpc) is 3.41. The minimum absolute atomic E-state index is 0.157. The average molecular weight is 569 g/mol. The standard InChI is InChI=1S/C32H36N6O2S/c1-6-20(2)26(17-23-19-37(4)14-15-38(23)5)33-28-18-27(35-36-31(28)39)24-11-9-12-25(21(24)3)34-32(40)30-16-22-10-7-8-13-29(22)41-30/h7-13,16-18,20H,6,14-15,19H2,1-5H3,(H,34,40)(H,36,39)/b23-17+,33-26?. The molecule has 1 aliphatic rings. The number of thiophene rings is 1. The molecule has 5 rings (SSSR count). The number of carbonyl (C=O) groups is 1. The largest absolute Gasteiger partial charge is 0.375 e. The number of nitrogens with zero attached hydrogens (tertiary/aromatic N) is 4. The highest BCUT2D eigenvalue weighted by molar-refractivity contribution is 7.20. The van der Waals surface area contributed by atoms with Gasteiger partial charge >= 0.3 is 0 Å². The number of amides is 1. The van der Waals surface area contributed by atoms with E-state index in [1.807, 2.05) is 55.5 Å². The van der Waals surface area contributed by atoms with Gasteiger partial charge in [-0.25, -0.2) is 10.1 Å². The number of aromatic nitrogens is 2. The maximum absolute atomic E-state index is 13.1. The number of aromatic amines is 1. The van der Waals surface area contributed by atoms with Crippen molar-refractivity contribution in [1.82, 2.24) is 20.0 Å². The number of hydrogen-bond donors (Lipinski definition) is 2. The van der Waals surface area contributed by atoms with Gasteiger partial charge in [-0.2, -0.15) is 5.10 Å². The Kier molecular flexibility index (Phi) is 8.46. The Labute approximate surface area is 244 Å². The number of fused-ring (bicyclic) bond motifs is 1. The molecule has 0 radical (unpaired) electrons. The summed E-state index contributed by atoms with van der Waals surface area (Å²) in [6.45, 7) is 9.00. The minimum Gasteiger partial charge on any atom is -0.375 e. The Morgan fingerprint density at radius 1 is 1.17 bits per heavy atom. The van der Waals surface area contributed by atoms with Crippen molar-refractivity contribution in [1.29, 1.82) is 0 Å². The van der Waals surface area contributed by atoms with Gasteiger partial charge < -0.3 is 10.2 Å². The van der Waals surface area contributed by atoms with Gasteiger partial charge in [0.25, 0.3) is 11.5 Å². The number of benzene rings is 2. The first-order valence-corrected chi connectivity index (χ1v) is 14.7. The molecule has 0 spiro atoms. The first-order chi connectivity index (χ1) is 19.7. The third kappa shape index (κ3) is 6.31. The van der Waals surface area contributed by atoms with Crippen LogP contribution >= 0.6 is 11.3 Å². The van der Waals surface area contributed by atoms with Crippen molar-refractivity contribution in [2.24, 2.45) is 10.9 Å². The van der Waals surface area contributed by atoms with E-state index in [0.717, 1.165) is 53.0 Å². The van der Waals surface area contributed by atoms with Crippen LogP contribution in [0.15, 0.2) is 76.2 Å². The lowest BCUT2D eigenvalue weighted by atomic mass is 10.0. The van der Waals surface area contributed by atoms with Crippen LogP contribution in [-0.4, -0.2) is 65.3 Å². The molecule has 1 saturated heterocycles. The zero-order valence-electron chi connectivity index (χ0n) is 24.2. The van der Waals surface area contributed by atoms with E-state index in [4.69, 9.17) is 4.99 Å². The number of allylic oxidation sites excluding steroid dienone is 1. The highest BCUT2D eigenvalue weighted by Crippen LogP contribution is 2.30. The normalized spacial score (nSPS) is 16.4. The molecule has 3 heterocycles. The number of piperazine rings is 1. The van der Waals surface area contributed by atoms with Gasteiger partial charge in [-0.3, -0.25) is 14.5 Å². The maximum Gasteiger partial charge on any atom is 0.290 e. The van der Waals surface area contributed by atoms with E-state index in [0.29, 0.717) is 21.9 Å². The van der Waals surface area contributed by atoms with Crippen LogP contribution in [0.25, 0.3) is 21.3 Å². The van der Waals surface area contributed by atoms with Crippen LogP contribution in [0.1, 0.15) is 35.5 Å². The van der Waals surface area contributed by atoms with Gasteiger partial charge in [0.15, 0.2) is 0 Å². The molecule has 2 aromatic carbocycles. The summed E-state index contributed by atoms with van der Waals surface area (Å²) in [5.74, 6) is 0.0176. The van der Waals surface area contributed by atoms with Crippen LogP contribution in [0.4, 0.5) is 11.4 Å². The molecule has 212 valence electrons. The van der Waals surface area contributed by atoms with Crippen LogP contribution in [0, 0.1) is 12.8 Å². The van der Waals surface area contributed by atoms with Crippen molar-refractivity contribution < 1.29 is 4.79 Å². The van der Waals surface area contributed by atoms with Gasteiger partial charge in [-0.05, 0) is 67.6 Å². The van der Waals surface area contributed by atoms with Crippen LogP contribution in [0.3, 0.4) is 0 Å². The summed E-state index contributed by atoms with van der Waals surface area (Å²) in [4.78, 5) is 36.0. The summed E-state index contributed by atoms with van der Waals surface area (Å²) in [7, 11) is 4.21. The molecule has 1 aliphatic heterocycles. The number of rotatable bonds is 7. The molecule has 1 fully saturated rings. The second-order valence-electron chi connectivity index (χ2n) is 10.7. The van der Waals surface area contributed by atoms with E-state index in [-0.39, 0.29) is 17.4 Å².